The van der Waals surface area contributed by atoms with Gasteiger partial charge in [0.2, 0.25) is 0 Å². The zero-order valence-corrected chi connectivity index (χ0v) is 15.5. The van der Waals surface area contributed by atoms with Crippen LogP contribution in [-0.4, -0.2) is 41.0 Å². The molecular formula is C20H17FN6O2. The van der Waals surface area contributed by atoms with Crippen molar-refractivity contribution in [2.24, 2.45) is 0 Å². The van der Waals surface area contributed by atoms with Crippen molar-refractivity contribution in [2.45, 2.75) is 6.42 Å². The Morgan fingerprint density at radius 2 is 2.00 bits per heavy atom. The summed E-state index contributed by atoms with van der Waals surface area (Å²) in [4.78, 5) is 25.4. The van der Waals surface area contributed by atoms with Gasteiger partial charge in [-0.2, -0.15) is 9.97 Å². The molecule has 0 spiro atoms. The summed E-state index contributed by atoms with van der Waals surface area (Å²) in [5, 5.41) is 9.09. The molecule has 0 saturated carbocycles. The van der Waals surface area contributed by atoms with Gasteiger partial charge in [-0.1, -0.05) is 0 Å². The van der Waals surface area contributed by atoms with Crippen LogP contribution in [0.1, 0.15) is 21.6 Å². The minimum absolute atomic E-state index is 0.144. The molecule has 3 heterocycles. The Labute approximate surface area is 165 Å². The van der Waals surface area contributed by atoms with Gasteiger partial charge in [0.05, 0.1) is 17.5 Å². The van der Waals surface area contributed by atoms with Gasteiger partial charge in [0, 0.05) is 44.0 Å². The highest BCUT2D eigenvalue weighted by Crippen LogP contribution is 2.44. The van der Waals surface area contributed by atoms with E-state index in [0.29, 0.717) is 42.3 Å². The number of hydrogen-bond donors (Lipinski definition) is 3. The van der Waals surface area contributed by atoms with Crippen molar-refractivity contribution >= 4 is 17.4 Å². The van der Waals surface area contributed by atoms with Crippen LogP contribution in [0, 0.1) is 5.82 Å². The number of anilines is 2. The van der Waals surface area contributed by atoms with Crippen LogP contribution < -0.4 is 20.7 Å². The van der Waals surface area contributed by atoms with Crippen LogP contribution >= 0.6 is 0 Å². The summed E-state index contributed by atoms with van der Waals surface area (Å²) in [7, 11) is 1.76. The van der Waals surface area contributed by atoms with E-state index < -0.39 is 0 Å². The maximum atomic E-state index is 14.2. The number of rotatable bonds is 1. The molecule has 2 aromatic heterocycles. The molecule has 1 amide bonds. The first-order valence-corrected chi connectivity index (χ1v) is 9.19. The fourth-order valence-electron chi connectivity index (χ4n) is 3.67. The largest absolute Gasteiger partial charge is 0.423 e. The maximum Gasteiger partial charge on any atom is 0.324 e. The van der Waals surface area contributed by atoms with Crippen molar-refractivity contribution in [3.05, 3.63) is 53.2 Å². The number of nitrogens with one attached hydrogen (secondary N) is 3. The van der Waals surface area contributed by atoms with Gasteiger partial charge in [-0.05, 0) is 29.3 Å². The summed E-state index contributed by atoms with van der Waals surface area (Å²) in [5.41, 5.74) is 4.32. The number of pyridine rings is 1. The third kappa shape index (κ3) is 3.00. The van der Waals surface area contributed by atoms with E-state index in [0.717, 1.165) is 22.4 Å². The number of halogens is 1. The molecule has 4 bridgehead atoms. The molecule has 0 radical (unpaired) electrons. The lowest BCUT2D eigenvalue weighted by atomic mass is 10.0. The van der Waals surface area contributed by atoms with Crippen LogP contribution in [-0.2, 0) is 6.42 Å². The molecule has 0 unspecified atom stereocenters. The Morgan fingerprint density at radius 3 is 2.86 bits per heavy atom. The number of ether oxygens (including phenoxy) is 1. The Morgan fingerprint density at radius 1 is 1.14 bits per heavy atom. The van der Waals surface area contributed by atoms with Crippen molar-refractivity contribution in [1.29, 1.82) is 0 Å². The summed E-state index contributed by atoms with van der Waals surface area (Å²) in [6, 6.07) is 4.70. The van der Waals surface area contributed by atoms with Crippen LogP contribution in [0.15, 0.2) is 30.6 Å². The van der Waals surface area contributed by atoms with Gasteiger partial charge in [-0.25, -0.2) is 4.39 Å². The van der Waals surface area contributed by atoms with Gasteiger partial charge in [-0.15, -0.1) is 0 Å². The Balaban J connectivity index is 1.64. The molecule has 3 N–H and O–H groups in total. The Hall–Kier alpha value is -3.75. The molecular weight excluding hydrogens is 375 g/mol. The predicted molar refractivity (Wildman–Crippen MR) is 105 cm³/mol. The SMILES string of the molecule is CNc1cc(F)cc2c1Cc1nc3nc(c1-2)NCCNC(=O)c1cncc(c1)O3. The van der Waals surface area contributed by atoms with Crippen LogP contribution in [0.5, 0.6) is 11.8 Å². The van der Waals surface area contributed by atoms with E-state index in [-0.39, 0.29) is 17.7 Å². The minimum atomic E-state index is -0.336. The first kappa shape index (κ1) is 17.4. The second-order valence-electron chi connectivity index (χ2n) is 6.78. The maximum absolute atomic E-state index is 14.2. The first-order valence-electron chi connectivity index (χ1n) is 9.19. The summed E-state index contributed by atoms with van der Waals surface area (Å²) in [6.45, 7) is 0.821. The van der Waals surface area contributed by atoms with Crippen molar-refractivity contribution in [3.63, 3.8) is 0 Å². The highest BCUT2D eigenvalue weighted by Gasteiger charge is 2.28. The van der Waals surface area contributed by atoms with Gasteiger partial charge in [0.25, 0.3) is 5.91 Å². The highest BCUT2D eigenvalue weighted by molar-refractivity contribution is 5.94. The van der Waals surface area contributed by atoms with E-state index in [2.05, 4.69) is 30.9 Å². The van der Waals surface area contributed by atoms with E-state index in [1.54, 1.807) is 13.1 Å². The Kier molecular flexibility index (Phi) is 4.01. The van der Waals surface area contributed by atoms with Crippen molar-refractivity contribution in [1.82, 2.24) is 20.3 Å². The lowest BCUT2D eigenvalue weighted by molar-refractivity contribution is 0.0954. The fourth-order valence-corrected chi connectivity index (χ4v) is 3.67. The van der Waals surface area contributed by atoms with E-state index in [4.69, 9.17) is 4.74 Å². The number of nitrogens with zero attached hydrogens (tertiary/aromatic N) is 3. The third-order valence-corrected chi connectivity index (χ3v) is 4.95. The molecule has 1 aromatic carbocycles. The van der Waals surface area contributed by atoms with Crippen LogP contribution in [0.3, 0.4) is 0 Å². The Bertz CT molecular complexity index is 1150. The summed E-state index contributed by atoms with van der Waals surface area (Å²) in [5.74, 6) is 0.319. The first-order chi connectivity index (χ1) is 14.1. The van der Waals surface area contributed by atoms with Gasteiger partial charge in [0.1, 0.15) is 17.4 Å². The molecule has 0 fully saturated rings. The minimum Gasteiger partial charge on any atom is -0.423 e. The number of fused-ring (bicyclic) bond motifs is 8. The van der Waals surface area contributed by atoms with E-state index in [1.807, 2.05) is 0 Å². The summed E-state index contributed by atoms with van der Waals surface area (Å²) >= 11 is 0. The smallest absolute Gasteiger partial charge is 0.324 e. The second-order valence-corrected chi connectivity index (χ2v) is 6.78. The van der Waals surface area contributed by atoms with Crippen LogP contribution in [0.25, 0.3) is 11.1 Å². The molecule has 9 heteroatoms. The average molecular weight is 392 g/mol. The lowest BCUT2D eigenvalue weighted by Crippen LogP contribution is -2.29. The molecule has 0 saturated heterocycles. The highest BCUT2D eigenvalue weighted by atomic mass is 19.1. The summed E-state index contributed by atoms with van der Waals surface area (Å²) in [6.07, 6.45) is 3.50. The second kappa shape index (κ2) is 6.69. The topological polar surface area (TPSA) is 101 Å². The molecule has 1 aliphatic heterocycles. The van der Waals surface area contributed by atoms with Crippen LogP contribution in [0.2, 0.25) is 0 Å². The normalized spacial score (nSPS) is 14.3. The monoisotopic (exact) mass is 392 g/mol. The zero-order chi connectivity index (χ0) is 20.0. The molecule has 0 atom stereocenters. The van der Waals surface area contributed by atoms with E-state index >= 15 is 0 Å². The average Bonchev–Trinajstić information content (AvgIpc) is 3.08. The molecule has 1 aliphatic carbocycles. The fraction of sp³-hybridized carbons (Fsp3) is 0.200. The number of carbonyl (C=O) groups excluding carboxylic acids is 1. The zero-order valence-electron chi connectivity index (χ0n) is 15.5. The quantitative estimate of drug-likeness (QED) is 0.458. The number of carbonyl (C=O) groups is 1. The number of amides is 1. The molecule has 3 aromatic rings. The lowest BCUT2D eigenvalue weighted by Gasteiger charge is -2.15. The molecule has 146 valence electrons. The molecule has 8 nitrogen and oxygen atoms in total. The van der Waals surface area contributed by atoms with Crippen LogP contribution in [0.4, 0.5) is 15.9 Å². The van der Waals surface area contributed by atoms with Crippen molar-refractivity contribution < 1.29 is 13.9 Å². The predicted octanol–water partition coefficient (Wildman–Crippen LogP) is 2.57. The third-order valence-electron chi connectivity index (χ3n) is 4.95. The summed E-state index contributed by atoms with van der Waals surface area (Å²) < 4.78 is 20.0. The van der Waals surface area contributed by atoms with E-state index in [9.17, 15) is 9.18 Å². The molecule has 29 heavy (non-hydrogen) atoms. The van der Waals surface area contributed by atoms with Gasteiger partial charge < -0.3 is 20.7 Å². The number of benzene rings is 1. The molecule has 5 rings (SSSR count). The van der Waals surface area contributed by atoms with Gasteiger partial charge in [0.15, 0.2) is 0 Å². The molecule has 2 aliphatic rings. The van der Waals surface area contributed by atoms with Gasteiger partial charge in [-0.3, -0.25) is 9.78 Å². The van der Waals surface area contributed by atoms with Crippen molar-refractivity contribution in [3.8, 4) is 22.9 Å². The standard InChI is InChI=1S/C20H17FN6O2/c1-22-15-6-11(21)5-14-13(15)7-16-17(14)18-24-2-3-25-19(28)10-4-12(9-23-8-10)29-20(26-16)27-18/h4-6,8-9,22H,2-3,7H2,1H3,(H,25,28)(H,24,26,27). The number of aromatic nitrogens is 3. The van der Waals surface area contributed by atoms with E-state index in [1.165, 1.54) is 24.5 Å². The number of hydrogen-bond acceptors (Lipinski definition) is 7. The van der Waals surface area contributed by atoms with Crippen molar-refractivity contribution in [2.75, 3.05) is 30.8 Å². The van der Waals surface area contributed by atoms with Gasteiger partial charge >= 0.3 is 6.01 Å².